The van der Waals surface area contributed by atoms with Crippen LogP contribution in [0.1, 0.15) is 24.4 Å². The first-order valence-corrected chi connectivity index (χ1v) is 5.25. The Morgan fingerprint density at radius 3 is 2.88 bits per heavy atom. The second-order valence-corrected chi connectivity index (χ2v) is 3.86. The molecule has 2 rings (SSSR count). The Morgan fingerprint density at radius 1 is 1.44 bits per heavy atom. The second kappa shape index (κ2) is 4.86. The van der Waals surface area contributed by atoms with Gasteiger partial charge in [-0.05, 0) is 31.0 Å². The van der Waals surface area contributed by atoms with Gasteiger partial charge in [0, 0.05) is 12.2 Å². The highest BCUT2D eigenvalue weighted by Crippen LogP contribution is 2.28. The molecule has 1 aliphatic rings. The molecule has 0 aromatic heterocycles. The second-order valence-electron chi connectivity index (χ2n) is 3.86. The Labute approximate surface area is 92.6 Å². The summed E-state index contributed by atoms with van der Waals surface area (Å²) in [5.74, 6) is 4.43. The number of hydrazine groups is 1. The van der Waals surface area contributed by atoms with Crippen LogP contribution in [0.15, 0.2) is 18.2 Å². The molecule has 5 heteroatoms. The van der Waals surface area contributed by atoms with E-state index in [2.05, 4.69) is 5.43 Å². The number of nitrogens with two attached hydrogens (primary N) is 1. The first-order valence-electron chi connectivity index (χ1n) is 5.25. The third-order valence-electron chi connectivity index (χ3n) is 2.81. The summed E-state index contributed by atoms with van der Waals surface area (Å²) < 4.78 is 32.0. The van der Waals surface area contributed by atoms with Crippen molar-refractivity contribution >= 4 is 0 Å². The summed E-state index contributed by atoms with van der Waals surface area (Å²) in [5.41, 5.74) is 2.71. The van der Waals surface area contributed by atoms with E-state index in [1.807, 2.05) is 0 Å². The lowest BCUT2D eigenvalue weighted by molar-refractivity contribution is 0.0771. The Bertz CT molecular complexity index is 367. The van der Waals surface area contributed by atoms with Crippen molar-refractivity contribution in [3.8, 4) is 0 Å². The van der Waals surface area contributed by atoms with E-state index in [1.165, 1.54) is 0 Å². The van der Waals surface area contributed by atoms with E-state index in [1.54, 1.807) is 0 Å². The van der Waals surface area contributed by atoms with Crippen molar-refractivity contribution < 1.29 is 13.5 Å². The summed E-state index contributed by atoms with van der Waals surface area (Å²) in [6.45, 7) is 0.639. The molecule has 3 N–H and O–H groups in total. The molecule has 1 aliphatic heterocycles. The van der Waals surface area contributed by atoms with Crippen molar-refractivity contribution in [2.24, 2.45) is 5.84 Å². The number of hydrogen-bond acceptors (Lipinski definition) is 3. The summed E-state index contributed by atoms with van der Waals surface area (Å²) in [6, 6.07) is 2.84. The van der Waals surface area contributed by atoms with Gasteiger partial charge in [0.05, 0.1) is 12.1 Å². The van der Waals surface area contributed by atoms with Gasteiger partial charge in [0.25, 0.3) is 0 Å². The van der Waals surface area contributed by atoms with Crippen LogP contribution in [0.2, 0.25) is 0 Å². The summed E-state index contributed by atoms with van der Waals surface area (Å²) in [7, 11) is 0. The highest BCUT2D eigenvalue weighted by atomic mass is 19.1. The van der Waals surface area contributed by atoms with Gasteiger partial charge in [-0.15, -0.1) is 0 Å². The van der Waals surface area contributed by atoms with Crippen molar-refractivity contribution in [3.63, 3.8) is 0 Å². The molecule has 88 valence electrons. The lowest BCUT2D eigenvalue weighted by atomic mass is 9.99. The Kier molecular flexibility index (Phi) is 3.48. The number of rotatable bonds is 3. The fourth-order valence-electron chi connectivity index (χ4n) is 2.02. The zero-order valence-electron chi connectivity index (χ0n) is 8.75. The highest BCUT2D eigenvalue weighted by Gasteiger charge is 2.28. The molecule has 0 aliphatic carbocycles. The quantitative estimate of drug-likeness (QED) is 0.611. The third-order valence-corrected chi connectivity index (χ3v) is 2.81. The summed E-state index contributed by atoms with van der Waals surface area (Å²) >= 11 is 0. The van der Waals surface area contributed by atoms with Crippen LogP contribution in [-0.2, 0) is 4.74 Å². The van der Waals surface area contributed by atoms with Crippen molar-refractivity contribution in [2.45, 2.75) is 25.0 Å². The van der Waals surface area contributed by atoms with E-state index in [0.29, 0.717) is 6.61 Å². The first-order chi connectivity index (χ1) is 7.72. The van der Waals surface area contributed by atoms with E-state index in [-0.39, 0.29) is 11.7 Å². The maximum absolute atomic E-state index is 13.5. The fourth-order valence-corrected chi connectivity index (χ4v) is 2.02. The molecular formula is C11H14F2N2O. The average Bonchev–Trinajstić information content (AvgIpc) is 2.78. The molecule has 0 amide bonds. The first kappa shape index (κ1) is 11.4. The molecule has 2 unspecified atom stereocenters. The Hall–Kier alpha value is -1.04. The van der Waals surface area contributed by atoms with Crippen LogP contribution in [0.5, 0.6) is 0 Å². The number of hydrogen-bond donors (Lipinski definition) is 2. The molecule has 3 nitrogen and oxygen atoms in total. The molecule has 1 aromatic rings. The number of ether oxygens (including phenoxy) is 1. The summed E-state index contributed by atoms with van der Waals surface area (Å²) in [6.07, 6.45) is 1.52. The van der Waals surface area contributed by atoms with E-state index < -0.39 is 17.7 Å². The number of benzene rings is 1. The molecule has 1 saturated heterocycles. The van der Waals surface area contributed by atoms with Gasteiger partial charge in [-0.1, -0.05) is 0 Å². The van der Waals surface area contributed by atoms with Gasteiger partial charge in [0.15, 0.2) is 0 Å². The van der Waals surface area contributed by atoms with Crippen molar-refractivity contribution in [1.29, 1.82) is 0 Å². The topological polar surface area (TPSA) is 47.3 Å². The molecule has 0 bridgehead atoms. The van der Waals surface area contributed by atoms with Crippen LogP contribution in [0.4, 0.5) is 8.78 Å². The largest absolute Gasteiger partial charge is 0.376 e. The lowest BCUT2D eigenvalue weighted by Gasteiger charge is -2.22. The van der Waals surface area contributed by atoms with Gasteiger partial charge < -0.3 is 4.74 Å². The van der Waals surface area contributed by atoms with E-state index in [0.717, 1.165) is 31.0 Å². The monoisotopic (exact) mass is 228 g/mol. The molecule has 0 radical (unpaired) electrons. The zero-order chi connectivity index (χ0) is 11.5. The Morgan fingerprint density at radius 2 is 2.25 bits per heavy atom. The molecule has 0 spiro atoms. The van der Waals surface area contributed by atoms with Gasteiger partial charge in [-0.25, -0.2) is 8.78 Å². The van der Waals surface area contributed by atoms with Gasteiger partial charge in [-0.3, -0.25) is 11.3 Å². The van der Waals surface area contributed by atoms with Crippen molar-refractivity contribution in [3.05, 3.63) is 35.4 Å². The van der Waals surface area contributed by atoms with Gasteiger partial charge in [-0.2, -0.15) is 0 Å². The van der Waals surface area contributed by atoms with Crippen LogP contribution in [0.25, 0.3) is 0 Å². The van der Waals surface area contributed by atoms with Crippen molar-refractivity contribution in [1.82, 2.24) is 5.43 Å². The lowest BCUT2D eigenvalue weighted by Crippen LogP contribution is -2.37. The summed E-state index contributed by atoms with van der Waals surface area (Å²) in [4.78, 5) is 0. The fraction of sp³-hybridized carbons (Fsp3) is 0.455. The van der Waals surface area contributed by atoms with Crippen LogP contribution < -0.4 is 11.3 Å². The van der Waals surface area contributed by atoms with Crippen LogP contribution in [0.3, 0.4) is 0 Å². The molecule has 1 heterocycles. The van der Waals surface area contributed by atoms with E-state index in [4.69, 9.17) is 10.6 Å². The van der Waals surface area contributed by atoms with Gasteiger partial charge in [0.1, 0.15) is 11.6 Å². The summed E-state index contributed by atoms with van der Waals surface area (Å²) in [5, 5.41) is 0. The minimum atomic E-state index is -0.502. The highest BCUT2D eigenvalue weighted by molar-refractivity contribution is 5.23. The molecule has 2 atom stereocenters. The molecular weight excluding hydrogens is 214 g/mol. The maximum atomic E-state index is 13.5. The number of nitrogens with one attached hydrogen (secondary N) is 1. The SMILES string of the molecule is NNC(c1cc(F)ccc1F)C1CCCO1. The molecule has 1 fully saturated rings. The normalized spacial score (nSPS) is 22.3. The molecule has 1 aromatic carbocycles. The van der Waals surface area contributed by atoms with E-state index in [9.17, 15) is 8.78 Å². The smallest absolute Gasteiger partial charge is 0.128 e. The van der Waals surface area contributed by atoms with Crippen LogP contribution in [0, 0.1) is 11.6 Å². The zero-order valence-corrected chi connectivity index (χ0v) is 8.75. The van der Waals surface area contributed by atoms with E-state index >= 15 is 0 Å². The Balaban J connectivity index is 2.28. The number of halogens is 2. The standard InChI is InChI=1S/C11H14F2N2O/c12-7-3-4-9(13)8(6-7)11(15-14)10-2-1-5-16-10/h3-4,6,10-11,15H,1-2,5,14H2. The predicted molar refractivity (Wildman–Crippen MR) is 55.4 cm³/mol. The predicted octanol–water partition coefficient (Wildman–Crippen LogP) is 1.65. The minimum Gasteiger partial charge on any atom is -0.376 e. The molecule has 0 saturated carbocycles. The van der Waals surface area contributed by atoms with Crippen LogP contribution in [-0.4, -0.2) is 12.7 Å². The third kappa shape index (κ3) is 2.21. The maximum Gasteiger partial charge on any atom is 0.128 e. The average molecular weight is 228 g/mol. The van der Waals surface area contributed by atoms with Crippen LogP contribution >= 0.6 is 0 Å². The minimum absolute atomic E-state index is 0.193. The van der Waals surface area contributed by atoms with Gasteiger partial charge >= 0.3 is 0 Å². The molecule has 16 heavy (non-hydrogen) atoms. The van der Waals surface area contributed by atoms with Crippen molar-refractivity contribution in [2.75, 3.05) is 6.61 Å². The van der Waals surface area contributed by atoms with Gasteiger partial charge in [0.2, 0.25) is 0 Å².